The summed E-state index contributed by atoms with van der Waals surface area (Å²) in [4.78, 5) is 6.07. The highest BCUT2D eigenvalue weighted by Crippen LogP contribution is 2.23. The molecule has 0 radical (unpaired) electrons. The van der Waals surface area contributed by atoms with Crippen molar-refractivity contribution in [2.24, 2.45) is 0 Å². The van der Waals surface area contributed by atoms with Crippen LogP contribution in [0.2, 0.25) is 5.02 Å². The second-order valence-electron chi connectivity index (χ2n) is 3.03. The summed E-state index contributed by atoms with van der Waals surface area (Å²) in [5, 5.41) is 9.42. The van der Waals surface area contributed by atoms with Gasteiger partial charge >= 0.3 is 0 Å². The lowest BCUT2D eigenvalue weighted by Gasteiger charge is -2.20. The molecule has 0 saturated carbocycles. The second kappa shape index (κ2) is 5.59. The minimum Gasteiger partial charge on any atom is -0.392 e. The summed E-state index contributed by atoms with van der Waals surface area (Å²) in [5.41, 5.74) is 0.695. The van der Waals surface area contributed by atoms with Crippen LogP contribution in [0.25, 0.3) is 0 Å². The maximum atomic E-state index is 8.91. The molecule has 1 N–H and O–H groups in total. The Balaban J connectivity index is 2.98. The van der Waals surface area contributed by atoms with Crippen LogP contribution in [0.4, 0.5) is 5.82 Å². The first-order chi connectivity index (χ1) is 7.22. The van der Waals surface area contributed by atoms with Crippen LogP contribution >= 0.6 is 11.6 Å². The lowest BCUT2D eigenvalue weighted by Crippen LogP contribution is -2.24. The Hall–Kier alpha value is -1.24. The lowest BCUT2D eigenvalue weighted by atomic mass is 10.3. The summed E-state index contributed by atoms with van der Waals surface area (Å²) in [6.45, 7) is 3.14. The van der Waals surface area contributed by atoms with Gasteiger partial charge < -0.3 is 10.0 Å². The first kappa shape index (κ1) is 11.8. The number of pyridine rings is 1. The minimum atomic E-state index is -0.0612. The van der Waals surface area contributed by atoms with Gasteiger partial charge in [-0.1, -0.05) is 17.5 Å². The average molecular weight is 225 g/mol. The molecule has 0 spiro atoms. The Kier molecular flexibility index (Phi) is 4.41. The van der Waals surface area contributed by atoms with E-state index in [4.69, 9.17) is 23.1 Å². The molecular weight excluding hydrogens is 212 g/mol. The van der Waals surface area contributed by atoms with E-state index in [0.29, 0.717) is 22.9 Å². The van der Waals surface area contributed by atoms with Crippen LogP contribution in [0.5, 0.6) is 0 Å². The number of terminal acetylenes is 1. The minimum absolute atomic E-state index is 0.0612. The highest BCUT2D eigenvalue weighted by atomic mass is 35.5. The Bertz CT molecular complexity index is 373. The third kappa shape index (κ3) is 2.85. The Morgan fingerprint density at radius 3 is 2.87 bits per heavy atom. The number of halogens is 1. The highest BCUT2D eigenvalue weighted by Gasteiger charge is 2.09. The standard InChI is InChI=1S/C11H13ClN2O/c1-3-5-14(4-2)11-10(12)6-9(8-15)7-13-11/h1,6-7,15H,4-5,8H2,2H3. The molecule has 0 aliphatic rings. The van der Waals surface area contributed by atoms with Crippen molar-refractivity contribution in [3.63, 3.8) is 0 Å². The van der Waals surface area contributed by atoms with Crippen LogP contribution in [0.15, 0.2) is 12.3 Å². The number of aliphatic hydroxyl groups is 1. The number of aromatic nitrogens is 1. The summed E-state index contributed by atoms with van der Waals surface area (Å²) >= 11 is 6.03. The fourth-order valence-corrected chi connectivity index (χ4v) is 1.54. The molecule has 0 aromatic carbocycles. The van der Waals surface area contributed by atoms with Crippen LogP contribution < -0.4 is 4.90 Å². The first-order valence-electron chi connectivity index (χ1n) is 4.66. The van der Waals surface area contributed by atoms with Crippen molar-refractivity contribution in [3.8, 4) is 12.3 Å². The monoisotopic (exact) mass is 224 g/mol. The van der Waals surface area contributed by atoms with E-state index in [1.165, 1.54) is 0 Å². The molecule has 1 aromatic heterocycles. The van der Waals surface area contributed by atoms with E-state index >= 15 is 0 Å². The molecule has 1 aromatic rings. The SMILES string of the molecule is C#CCN(CC)c1ncc(CO)cc1Cl. The maximum Gasteiger partial charge on any atom is 0.148 e. The van der Waals surface area contributed by atoms with E-state index in [-0.39, 0.29) is 6.61 Å². The topological polar surface area (TPSA) is 36.4 Å². The number of hydrogen-bond donors (Lipinski definition) is 1. The summed E-state index contributed by atoms with van der Waals surface area (Å²) in [6.07, 6.45) is 6.84. The van der Waals surface area contributed by atoms with Crippen LogP contribution in [-0.2, 0) is 6.61 Å². The molecule has 0 saturated heterocycles. The van der Waals surface area contributed by atoms with Crippen molar-refractivity contribution in [1.29, 1.82) is 0 Å². The van der Waals surface area contributed by atoms with Crippen LogP contribution in [-0.4, -0.2) is 23.2 Å². The third-order valence-corrected chi connectivity index (χ3v) is 2.30. The van der Waals surface area contributed by atoms with Gasteiger partial charge in [0.2, 0.25) is 0 Å². The zero-order valence-corrected chi connectivity index (χ0v) is 9.33. The largest absolute Gasteiger partial charge is 0.392 e. The molecule has 1 heterocycles. The van der Waals surface area contributed by atoms with Gasteiger partial charge in [-0.2, -0.15) is 0 Å². The predicted octanol–water partition coefficient (Wildman–Crippen LogP) is 1.69. The van der Waals surface area contributed by atoms with Gasteiger partial charge in [-0.15, -0.1) is 6.42 Å². The van der Waals surface area contributed by atoms with Crippen molar-refractivity contribution < 1.29 is 5.11 Å². The number of nitrogens with zero attached hydrogens (tertiary/aromatic N) is 2. The normalized spacial score (nSPS) is 9.73. The van der Waals surface area contributed by atoms with E-state index in [2.05, 4.69) is 10.9 Å². The fraction of sp³-hybridized carbons (Fsp3) is 0.364. The van der Waals surface area contributed by atoms with Crippen molar-refractivity contribution in [3.05, 3.63) is 22.8 Å². The zero-order chi connectivity index (χ0) is 11.3. The van der Waals surface area contributed by atoms with Gasteiger partial charge in [0.05, 0.1) is 18.2 Å². The van der Waals surface area contributed by atoms with Crippen molar-refractivity contribution in [2.45, 2.75) is 13.5 Å². The van der Waals surface area contributed by atoms with Gasteiger partial charge in [0, 0.05) is 12.7 Å². The molecule has 0 fully saturated rings. The number of rotatable bonds is 4. The highest BCUT2D eigenvalue weighted by molar-refractivity contribution is 6.33. The smallest absolute Gasteiger partial charge is 0.148 e. The summed E-state index contributed by atoms with van der Waals surface area (Å²) in [5.74, 6) is 3.21. The molecule has 80 valence electrons. The molecule has 15 heavy (non-hydrogen) atoms. The molecule has 0 unspecified atom stereocenters. The molecule has 0 amide bonds. The summed E-state index contributed by atoms with van der Waals surface area (Å²) in [6, 6.07) is 1.70. The number of hydrogen-bond acceptors (Lipinski definition) is 3. The summed E-state index contributed by atoms with van der Waals surface area (Å²) < 4.78 is 0. The molecule has 0 aliphatic carbocycles. The molecule has 3 nitrogen and oxygen atoms in total. The first-order valence-corrected chi connectivity index (χ1v) is 5.04. The Labute approximate surface area is 94.7 Å². The lowest BCUT2D eigenvalue weighted by molar-refractivity contribution is 0.281. The Morgan fingerprint density at radius 1 is 1.67 bits per heavy atom. The molecule has 4 heteroatoms. The van der Waals surface area contributed by atoms with Crippen molar-refractivity contribution in [2.75, 3.05) is 18.0 Å². The van der Waals surface area contributed by atoms with Gasteiger partial charge in [-0.05, 0) is 18.6 Å². The van der Waals surface area contributed by atoms with E-state index in [1.54, 1.807) is 12.3 Å². The quantitative estimate of drug-likeness (QED) is 0.791. The average Bonchev–Trinajstić information content (AvgIpc) is 2.26. The van der Waals surface area contributed by atoms with Gasteiger partial charge in [-0.3, -0.25) is 0 Å². The van der Waals surface area contributed by atoms with E-state index in [1.807, 2.05) is 11.8 Å². The third-order valence-electron chi connectivity index (χ3n) is 2.02. The van der Waals surface area contributed by atoms with Crippen LogP contribution in [0.3, 0.4) is 0 Å². The molecular formula is C11H13ClN2O. The van der Waals surface area contributed by atoms with E-state index in [0.717, 1.165) is 6.54 Å². The number of aliphatic hydroxyl groups excluding tert-OH is 1. The van der Waals surface area contributed by atoms with Crippen LogP contribution in [0, 0.1) is 12.3 Å². The Morgan fingerprint density at radius 2 is 2.40 bits per heavy atom. The van der Waals surface area contributed by atoms with E-state index < -0.39 is 0 Å². The predicted molar refractivity (Wildman–Crippen MR) is 61.9 cm³/mol. The zero-order valence-electron chi connectivity index (χ0n) is 8.57. The van der Waals surface area contributed by atoms with Crippen molar-refractivity contribution in [1.82, 2.24) is 4.98 Å². The number of anilines is 1. The van der Waals surface area contributed by atoms with Crippen LogP contribution in [0.1, 0.15) is 12.5 Å². The molecule has 0 aliphatic heterocycles. The van der Waals surface area contributed by atoms with Gasteiger partial charge in [0.1, 0.15) is 5.82 Å². The molecule has 1 rings (SSSR count). The maximum absolute atomic E-state index is 8.91. The van der Waals surface area contributed by atoms with Gasteiger partial charge in [-0.25, -0.2) is 4.98 Å². The molecule has 0 bridgehead atoms. The van der Waals surface area contributed by atoms with E-state index in [9.17, 15) is 0 Å². The summed E-state index contributed by atoms with van der Waals surface area (Å²) in [7, 11) is 0. The van der Waals surface area contributed by atoms with Gasteiger partial charge in [0.15, 0.2) is 0 Å². The van der Waals surface area contributed by atoms with Gasteiger partial charge in [0.25, 0.3) is 0 Å². The second-order valence-corrected chi connectivity index (χ2v) is 3.43. The van der Waals surface area contributed by atoms with Crippen molar-refractivity contribution >= 4 is 17.4 Å². The fourth-order valence-electron chi connectivity index (χ4n) is 1.24. The molecule has 0 atom stereocenters.